The largest absolute Gasteiger partial charge is 0.392 e. The van der Waals surface area contributed by atoms with Crippen molar-refractivity contribution >= 4 is 0 Å². The zero-order valence-corrected chi connectivity index (χ0v) is 11.1. The lowest BCUT2D eigenvalue weighted by Crippen LogP contribution is -2.34. The summed E-state index contributed by atoms with van der Waals surface area (Å²) in [6, 6.07) is 5.30. The molecule has 1 aliphatic rings. The van der Waals surface area contributed by atoms with Gasteiger partial charge < -0.3 is 10.4 Å². The van der Waals surface area contributed by atoms with Crippen LogP contribution in [0.3, 0.4) is 0 Å². The third-order valence-corrected chi connectivity index (χ3v) is 3.76. The van der Waals surface area contributed by atoms with E-state index in [-0.39, 0.29) is 23.9 Å². The van der Waals surface area contributed by atoms with Crippen molar-refractivity contribution in [1.82, 2.24) is 5.32 Å². The van der Waals surface area contributed by atoms with Crippen molar-refractivity contribution in [1.29, 1.82) is 0 Å². The molecule has 2 atom stereocenters. The number of hydrogen-bond acceptors (Lipinski definition) is 2. The van der Waals surface area contributed by atoms with Gasteiger partial charge in [0.2, 0.25) is 0 Å². The van der Waals surface area contributed by atoms with Gasteiger partial charge in [0.05, 0.1) is 6.10 Å². The lowest BCUT2D eigenvalue weighted by atomic mass is 9.87. The van der Waals surface area contributed by atoms with E-state index in [0.29, 0.717) is 6.54 Å². The molecule has 0 aliphatic heterocycles. The summed E-state index contributed by atoms with van der Waals surface area (Å²) in [6.07, 6.45) is 2.77. The number of aryl methyl sites for hydroxylation is 1. The second kappa shape index (κ2) is 5.81. The molecule has 2 rings (SSSR count). The average molecular weight is 251 g/mol. The Morgan fingerprint density at radius 2 is 2.22 bits per heavy atom. The van der Waals surface area contributed by atoms with Gasteiger partial charge in [0.25, 0.3) is 0 Å². The van der Waals surface area contributed by atoms with Crippen LogP contribution in [0.4, 0.5) is 4.39 Å². The summed E-state index contributed by atoms with van der Waals surface area (Å²) in [7, 11) is 0. The van der Waals surface area contributed by atoms with Crippen LogP contribution in [0.2, 0.25) is 0 Å². The van der Waals surface area contributed by atoms with Crippen LogP contribution in [0, 0.1) is 11.7 Å². The van der Waals surface area contributed by atoms with E-state index in [2.05, 4.69) is 5.32 Å². The Labute approximate surface area is 108 Å². The molecule has 2 unspecified atom stereocenters. The molecule has 0 fully saturated rings. The fourth-order valence-corrected chi connectivity index (χ4v) is 2.49. The Bertz CT molecular complexity index is 405. The molecule has 3 heteroatoms. The second-order valence-corrected chi connectivity index (χ2v) is 5.51. The first kappa shape index (κ1) is 13.5. The highest BCUT2D eigenvalue weighted by Gasteiger charge is 2.21. The summed E-state index contributed by atoms with van der Waals surface area (Å²) in [5.41, 5.74) is 2.30. The molecule has 0 heterocycles. The number of fused-ring (bicyclic) bond motifs is 1. The van der Waals surface area contributed by atoms with Crippen molar-refractivity contribution in [2.75, 3.05) is 6.54 Å². The molecule has 1 aromatic carbocycles. The summed E-state index contributed by atoms with van der Waals surface area (Å²) in [5, 5.41) is 13.2. The maximum Gasteiger partial charge on any atom is 0.123 e. The van der Waals surface area contributed by atoms with Crippen LogP contribution in [0.5, 0.6) is 0 Å². The van der Waals surface area contributed by atoms with E-state index in [1.807, 2.05) is 19.9 Å². The maximum absolute atomic E-state index is 13.2. The fourth-order valence-electron chi connectivity index (χ4n) is 2.49. The SMILES string of the molecule is CC(C)C(O)CNC1CCCc2cc(F)ccc21. The highest BCUT2D eigenvalue weighted by Crippen LogP contribution is 2.30. The van der Waals surface area contributed by atoms with Gasteiger partial charge in [-0.2, -0.15) is 0 Å². The molecule has 0 aromatic heterocycles. The maximum atomic E-state index is 13.2. The number of halogens is 1. The molecule has 18 heavy (non-hydrogen) atoms. The molecule has 0 bridgehead atoms. The molecular formula is C15H22FNO. The lowest BCUT2D eigenvalue weighted by molar-refractivity contribution is 0.119. The highest BCUT2D eigenvalue weighted by atomic mass is 19.1. The van der Waals surface area contributed by atoms with E-state index < -0.39 is 0 Å². The van der Waals surface area contributed by atoms with Crippen molar-refractivity contribution in [3.8, 4) is 0 Å². The summed E-state index contributed by atoms with van der Waals surface area (Å²) in [5.74, 6) is 0.102. The van der Waals surface area contributed by atoms with Crippen molar-refractivity contribution < 1.29 is 9.50 Å². The number of aliphatic hydroxyl groups is 1. The molecule has 2 nitrogen and oxygen atoms in total. The minimum Gasteiger partial charge on any atom is -0.392 e. The Morgan fingerprint density at radius 1 is 1.44 bits per heavy atom. The highest BCUT2D eigenvalue weighted by molar-refractivity contribution is 5.32. The first-order chi connectivity index (χ1) is 8.58. The van der Waals surface area contributed by atoms with Crippen molar-refractivity contribution in [3.63, 3.8) is 0 Å². The summed E-state index contributed by atoms with van der Waals surface area (Å²) >= 11 is 0. The van der Waals surface area contributed by atoms with Crippen LogP contribution in [0.25, 0.3) is 0 Å². The molecule has 2 N–H and O–H groups in total. The van der Waals surface area contributed by atoms with Gasteiger partial charge in [0, 0.05) is 12.6 Å². The van der Waals surface area contributed by atoms with Gasteiger partial charge in [-0.3, -0.25) is 0 Å². The predicted molar refractivity (Wildman–Crippen MR) is 70.9 cm³/mol. The van der Waals surface area contributed by atoms with Crippen LogP contribution < -0.4 is 5.32 Å². The number of aliphatic hydroxyl groups excluding tert-OH is 1. The third-order valence-electron chi connectivity index (χ3n) is 3.76. The van der Waals surface area contributed by atoms with E-state index in [9.17, 15) is 9.50 Å². The molecule has 0 radical (unpaired) electrons. The monoisotopic (exact) mass is 251 g/mol. The van der Waals surface area contributed by atoms with Crippen LogP contribution in [0.1, 0.15) is 43.9 Å². The Balaban J connectivity index is 2.04. The molecule has 0 saturated carbocycles. The molecule has 1 aromatic rings. The minimum atomic E-state index is -0.323. The van der Waals surface area contributed by atoms with Crippen molar-refractivity contribution in [2.24, 2.45) is 5.92 Å². The van der Waals surface area contributed by atoms with E-state index in [4.69, 9.17) is 0 Å². The van der Waals surface area contributed by atoms with Gasteiger partial charge in [0.15, 0.2) is 0 Å². The normalized spacial score (nSPS) is 20.8. The van der Waals surface area contributed by atoms with E-state index in [0.717, 1.165) is 24.8 Å². The second-order valence-electron chi connectivity index (χ2n) is 5.51. The molecular weight excluding hydrogens is 229 g/mol. The van der Waals surface area contributed by atoms with Crippen LogP contribution in [-0.4, -0.2) is 17.8 Å². The predicted octanol–water partition coefficient (Wildman–Crippen LogP) is 2.81. The van der Waals surface area contributed by atoms with Gasteiger partial charge in [0.1, 0.15) is 5.82 Å². The number of nitrogens with one attached hydrogen (secondary N) is 1. The van der Waals surface area contributed by atoms with Gasteiger partial charge >= 0.3 is 0 Å². The van der Waals surface area contributed by atoms with E-state index in [1.54, 1.807) is 6.07 Å². The molecule has 0 saturated heterocycles. The number of benzene rings is 1. The van der Waals surface area contributed by atoms with Crippen LogP contribution in [-0.2, 0) is 6.42 Å². The van der Waals surface area contributed by atoms with Crippen molar-refractivity contribution in [3.05, 3.63) is 35.1 Å². The average Bonchev–Trinajstić information content (AvgIpc) is 2.35. The Hall–Kier alpha value is -0.930. The van der Waals surface area contributed by atoms with Crippen molar-refractivity contribution in [2.45, 2.75) is 45.3 Å². The number of rotatable bonds is 4. The van der Waals surface area contributed by atoms with Gasteiger partial charge in [-0.15, -0.1) is 0 Å². The van der Waals surface area contributed by atoms with Gasteiger partial charge in [-0.1, -0.05) is 19.9 Å². The summed E-state index contributed by atoms with van der Waals surface area (Å²) in [6.45, 7) is 4.62. The quantitative estimate of drug-likeness (QED) is 0.862. The van der Waals surface area contributed by atoms with E-state index >= 15 is 0 Å². The molecule has 100 valence electrons. The fraction of sp³-hybridized carbons (Fsp3) is 0.600. The standard InChI is InChI=1S/C15H22FNO/c1-10(2)15(18)9-17-14-5-3-4-11-8-12(16)6-7-13(11)14/h6-8,10,14-15,17-18H,3-5,9H2,1-2H3. The minimum absolute atomic E-state index is 0.156. The van der Waals surface area contributed by atoms with Crippen LogP contribution in [0.15, 0.2) is 18.2 Å². The topological polar surface area (TPSA) is 32.3 Å². The molecule has 1 aliphatic carbocycles. The zero-order valence-electron chi connectivity index (χ0n) is 11.1. The van der Waals surface area contributed by atoms with Gasteiger partial charge in [-0.25, -0.2) is 4.39 Å². The van der Waals surface area contributed by atoms with Gasteiger partial charge in [-0.05, 0) is 48.4 Å². The third kappa shape index (κ3) is 3.09. The Morgan fingerprint density at radius 3 is 2.94 bits per heavy atom. The first-order valence-corrected chi connectivity index (χ1v) is 6.77. The number of hydrogen-bond donors (Lipinski definition) is 2. The Kier molecular flexibility index (Phi) is 4.36. The zero-order chi connectivity index (χ0) is 13.1. The first-order valence-electron chi connectivity index (χ1n) is 6.77. The molecule has 0 spiro atoms. The summed E-state index contributed by atoms with van der Waals surface area (Å²) < 4.78 is 13.2. The summed E-state index contributed by atoms with van der Waals surface area (Å²) in [4.78, 5) is 0. The smallest absolute Gasteiger partial charge is 0.123 e. The van der Waals surface area contributed by atoms with E-state index in [1.165, 1.54) is 11.6 Å². The van der Waals surface area contributed by atoms with Crippen LogP contribution >= 0.6 is 0 Å². The lowest BCUT2D eigenvalue weighted by Gasteiger charge is -2.28. The molecule has 0 amide bonds.